The van der Waals surface area contributed by atoms with E-state index in [1.54, 1.807) is 0 Å². The molecule has 0 saturated carbocycles. The van der Waals surface area contributed by atoms with Crippen molar-refractivity contribution in [2.45, 2.75) is 6.42 Å². The summed E-state index contributed by atoms with van der Waals surface area (Å²) in [6.45, 7) is 0. The Morgan fingerprint density at radius 3 is 2.61 bits per heavy atom. The van der Waals surface area contributed by atoms with Crippen molar-refractivity contribution in [3.63, 3.8) is 0 Å². The number of imidazole rings is 1. The maximum absolute atomic E-state index is 6.13. The summed E-state index contributed by atoms with van der Waals surface area (Å²) in [6, 6.07) is 15.8. The van der Waals surface area contributed by atoms with E-state index in [4.69, 9.17) is 17.3 Å². The van der Waals surface area contributed by atoms with Gasteiger partial charge in [0.25, 0.3) is 0 Å². The molecule has 0 spiro atoms. The fraction of sp³-hybridized carbons (Fsp3) is 0.0714. The number of anilines is 1. The molecule has 0 aliphatic heterocycles. The van der Waals surface area contributed by atoms with Gasteiger partial charge in [-0.05, 0) is 17.7 Å². The van der Waals surface area contributed by atoms with Crippen molar-refractivity contribution < 1.29 is 0 Å². The smallest absolute Gasteiger partial charge is 0.155 e. The van der Waals surface area contributed by atoms with Gasteiger partial charge in [-0.1, -0.05) is 48.0 Å². The first-order valence-corrected chi connectivity index (χ1v) is 6.09. The first kappa shape index (κ1) is 11.1. The van der Waals surface area contributed by atoms with Gasteiger partial charge in [-0.15, -0.1) is 0 Å². The number of nitrogens with two attached hydrogens (primary N) is 1. The molecule has 0 fully saturated rings. The maximum Gasteiger partial charge on any atom is 0.155 e. The lowest BCUT2D eigenvalue weighted by Crippen LogP contribution is -2.01. The van der Waals surface area contributed by atoms with Crippen molar-refractivity contribution in [3.8, 4) is 0 Å². The lowest BCUT2D eigenvalue weighted by molar-refractivity contribution is 0.969. The van der Waals surface area contributed by atoms with E-state index in [9.17, 15) is 0 Å². The number of aromatic nitrogens is 2. The van der Waals surface area contributed by atoms with Gasteiger partial charge < -0.3 is 5.73 Å². The zero-order valence-electron chi connectivity index (χ0n) is 9.68. The van der Waals surface area contributed by atoms with Crippen LogP contribution in [0.1, 0.15) is 11.4 Å². The second-order valence-electron chi connectivity index (χ2n) is 4.15. The standard InChI is InChI=1S/C14H12ClN3/c15-14-11-7-4-8-12(16)18(11)13(17-14)9-10-5-2-1-3-6-10/h1-8H,9,16H2. The van der Waals surface area contributed by atoms with Gasteiger partial charge in [0.05, 0.1) is 5.52 Å². The first-order valence-electron chi connectivity index (χ1n) is 5.71. The third kappa shape index (κ3) is 1.83. The van der Waals surface area contributed by atoms with Gasteiger partial charge in [-0.3, -0.25) is 4.40 Å². The Morgan fingerprint density at radius 1 is 1.06 bits per heavy atom. The molecular weight excluding hydrogens is 246 g/mol. The minimum absolute atomic E-state index is 0.494. The average Bonchev–Trinajstić information content (AvgIpc) is 2.69. The number of hydrogen-bond donors (Lipinski definition) is 1. The first-order chi connectivity index (χ1) is 8.75. The molecule has 2 aromatic heterocycles. The fourth-order valence-electron chi connectivity index (χ4n) is 2.09. The Kier molecular flexibility index (Phi) is 2.68. The van der Waals surface area contributed by atoms with Gasteiger partial charge >= 0.3 is 0 Å². The van der Waals surface area contributed by atoms with Crippen molar-refractivity contribution in [1.29, 1.82) is 0 Å². The minimum Gasteiger partial charge on any atom is -0.385 e. The molecule has 0 atom stereocenters. The molecule has 4 heteroatoms. The van der Waals surface area contributed by atoms with Crippen LogP contribution in [0.3, 0.4) is 0 Å². The summed E-state index contributed by atoms with van der Waals surface area (Å²) in [4.78, 5) is 4.39. The van der Waals surface area contributed by atoms with Crippen molar-refractivity contribution in [3.05, 3.63) is 65.1 Å². The summed E-state index contributed by atoms with van der Waals surface area (Å²) in [6.07, 6.45) is 0.711. The quantitative estimate of drug-likeness (QED) is 0.766. The summed E-state index contributed by atoms with van der Waals surface area (Å²) in [7, 11) is 0. The van der Waals surface area contributed by atoms with E-state index in [0.717, 1.165) is 11.3 Å². The van der Waals surface area contributed by atoms with Crippen molar-refractivity contribution in [2.75, 3.05) is 5.73 Å². The van der Waals surface area contributed by atoms with Crippen LogP contribution in [0.4, 0.5) is 5.82 Å². The molecule has 0 saturated heterocycles. The summed E-state index contributed by atoms with van der Waals surface area (Å²) in [5, 5.41) is 0.494. The second-order valence-corrected chi connectivity index (χ2v) is 4.51. The van der Waals surface area contributed by atoms with Gasteiger partial charge in [0.15, 0.2) is 5.15 Å². The van der Waals surface area contributed by atoms with E-state index in [2.05, 4.69) is 17.1 Å². The van der Waals surface area contributed by atoms with Crippen molar-refractivity contribution in [1.82, 2.24) is 9.38 Å². The zero-order chi connectivity index (χ0) is 12.5. The molecule has 0 unspecified atom stereocenters. The molecule has 3 nitrogen and oxygen atoms in total. The molecule has 0 radical (unpaired) electrons. The molecule has 0 aliphatic carbocycles. The van der Waals surface area contributed by atoms with Crippen LogP contribution in [0.5, 0.6) is 0 Å². The van der Waals surface area contributed by atoms with E-state index < -0.39 is 0 Å². The Morgan fingerprint density at radius 2 is 1.83 bits per heavy atom. The lowest BCUT2D eigenvalue weighted by atomic mass is 10.1. The highest BCUT2D eigenvalue weighted by Crippen LogP contribution is 2.22. The highest BCUT2D eigenvalue weighted by atomic mass is 35.5. The van der Waals surface area contributed by atoms with Crippen molar-refractivity contribution >= 4 is 22.9 Å². The Balaban J connectivity index is 2.13. The summed E-state index contributed by atoms with van der Waals surface area (Å²) >= 11 is 6.13. The number of nitrogen functional groups attached to an aromatic ring is 1. The SMILES string of the molecule is Nc1cccc2c(Cl)nc(Cc3ccccc3)n12. The predicted molar refractivity (Wildman–Crippen MR) is 73.9 cm³/mol. The monoisotopic (exact) mass is 257 g/mol. The summed E-state index contributed by atoms with van der Waals surface area (Å²) < 4.78 is 1.90. The number of benzene rings is 1. The zero-order valence-corrected chi connectivity index (χ0v) is 10.4. The van der Waals surface area contributed by atoms with Crippen molar-refractivity contribution in [2.24, 2.45) is 0 Å². The number of nitrogens with zero attached hydrogens (tertiary/aromatic N) is 2. The number of pyridine rings is 1. The largest absolute Gasteiger partial charge is 0.385 e. The van der Waals surface area contributed by atoms with Crippen LogP contribution in [0, 0.1) is 0 Å². The van der Waals surface area contributed by atoms with Gasteiger partial charge in [-0.25, -0.2) is 4.98 Å². The number of hydrogen-bond acceptors (Lipinski definition) is 2. The lowest BCUT2D eigenvalue weighted by Gasteiger charge is -2.04. The van der Waals surface area contributed by atoms with E-state index in [-0.39, 0.29) is 0 Å². The number of rotatable bonds is 2. The molecule has 3 rings (SSSR count). The third-order valence-corrected chi connectivity index (χ3v) is 3.20. The number of halogens is 1. The molecule has 3 aromatic rings. The van der Waals surface area contributed by atoms with Gasteiger partial charge in [0, 0.05) is 6.42 Å². The molecule has 0 aliphatic rings. The average molecular weight is 258 g/mol. The molecule has 0 amide bonds. The molecule has 2 heterocycles. The predicted octanol–water partition coefficient (Wildman–Crippen LogP) is 3.16. The van der Waals surface area contributed by atoms with E-state index >= 15 is 0 Å². The van der Waals surface area contributed by atoms with Crippen LogP contribution in [0.15, 0.2) is 48.5 Å². The van der Waals surface area contributed by atoms with E-state index in [1.807, 2.05) is 40.8 Å². The van der Waals surface area contributed by atoms with Crippen LogP contribution in [0.2, 0.25) is 5.15 Å². The molecule has 1 aromatic carbocycles. The van der Waals surface area contributed by atoms with Crippen LogP contribution in [-0.4, -0.2) is 9.38 Å². The molecular formula is C14H12ClN3. The van der Waals surface area contributed by atoms with Crippen LogP contribution < -0.4 is 5.73 Å². The molecule has 2 N–H and O–H groups in total. The van der Waals surface area contributed by atoms with Crippen LogP contribution in [-0.2, 0) is 6.42 Å². The normalized spacial score (nSPS) is 10.9. The topological polar surface area (TPSA) is 43.3 Å². The van der Waals surface area contributed by atoms with E-state index in [0.29, 0.717) is 17.4 Å². The highest BCUT2D eigenvalue weighted by Gasteiger charge is 2.11. The molecule has 90 valence electrons. The third-order valence-electron chi connectivity index (χ3n) is 2.92. The second kappa shape index (κ2) is 4.35. The Hall–Kier alpha value is -2.00. The minimum atomic E-state index is 0.494. The summed E-state index contributed by atoms with van der Waals surface area (Å²) in [5.74, 6) is 1.51. The molecule has 18 heavy (non-hydrogen) atoms. The Labute approximate surface area is 110 Å². The van der Waals surface area contributed by atoms with Gasteiger partial charge in [0.1, 0.15) is 11.6 Å². The summed E-state index contributed by atoms with van der Waals surface area (Å²) in [5.41, 5.74) is 8.02. The van der Waals surface area contributed by atoms with Gasteiger partial charge in [-0.2, -0.15) is 0 Å². The fourth-order valence-corrected chi connectivity index (χ4v) is 2.34. The number of fused-ring (bicyclic) bond motifs is 1. The highest BCUT2D eigenvalue weighted by molar-refractivity contribution is 6.32. The molecule has 0 bridgehead atoms. The van der Waals surface area contributed by atoms with E-state index in [1.165, 1.54) is 5.56 Å². The van der Waals surface area contributed by atoms with Crippen LogP contribution >= 0.6 is 11.6 Å². The van der Waals surface area contributed by atoms with Crippen LogP contribution in [0.25, 0.3) is 5.52 Å². The van der Waals surface area contributed by atoms with Gasteiger partial charge in [0.2, 0.25) is 0 Å². The maximum atomic E-state index is 6.13. The Bertz CT molecular complexity index is 689.